The number of unbranched alkanes of at least 4 members (excludes halogenated alkanes) is 15. The summed E-state index contributed by atoms with van der Waals surface area (Å²) in [6.07, 6.45) is 22.5. The third-order valence-corrected chi connectivity index (χ3v) is 5.51. The van der Waals surface area contributed by atoms with Crippen LogP contribution in [0.25, 0.3) is 0 Å². The highest BCUT2D eigenvalue weighted by Crippen LogP contribution is 2.15. The lowest BCUT2D eigenvalue weighted by Crippen LogP contribution is -2.47. The summed E-state index contributed by atoms with van der Waals surface area (Å²) in [5.74, 6) is -1.72. The first kappa shape index (κ1) is 26.8. The summed E-state index contributed by atoms with van der Waals surface area (Å²) >= 11 is 0. The monoisotopic (exact) mass is 386 g/mol. The first-order valence-electron chi connectivity index (χ1n) is 11.9. The third kappa shape index (κ3) is 18.9. The van der Waals surface area contributed by atoms with Crippen molar-refractivity contribution in [2.24, 2.45) is 5.73 Å². The van der Waals surface area contributed by atoms with Gasteiger partial charge in [-0.3, -0.25) is 4.90 Å². The second-order valence-electron chi connectivity index (χ2n) is 8.40. The van der Waals surface area contributed by atoms with E-state index in [1.165, 1.54) is 103 Å². The molecule has 0 rings (SSSR count). The van der Waals surface area contributed by atoms with E-state index < -0.39 is 5.91 Å². The van der Waals surface area contributed by atoms with Crippen molar-refractivity contribution in [3.05, 3.63) is 0 Å². The fourth-order valence-electron chi connectivity index (χ4n) is 3.67. The molecule has 0 amide bonds. The van der Waals surface area contributed by atoms with Crippen LogP contribution in [-0.4, -0.2) is 40.7 Å². The van der Waals surface area contributed by atoms with Crippen molar-refractivity contribution < 1.29 is 10.2 Å². The molecular weight excluding hydrogens is 336 g/mol. The average molecular weight is 387 g/mol. The van der Waals surface area contributed by atoms with Crippen LogP contribution in [0.3, 0.4) is 0 Å². The summed E-state index contributed by atoms with van der Waals surface area (Å²) in [4.78, 5) is 1.73. The zero-order valence-corrected chi connectivity index (χ0v) is 18.6. The fraction of sp³-hybridized carbons (Fsp3) is 1.00. The summed E-state index contributed by atoms with van der Waals surface area (Å²) in [5, 5.41) is 19.5. The maximum atomic E-state index is 9.77. The fourth-order valence-corrected chi connectivity index (χ4v) is 3.67. The Morgan fingerprint density at radius 1 is 0.593 bits per heavy atom. The van der Waals surface area contributed by atoms with Gasteiger partial charge in [0, 0.05) is 20.0 Å². The summed E-state index contributed by atoms with van der Waals surface area (Å²) in [6.45, 7) is 5.70. The predicted octanol–water partition coefficient (Wildman–Crippen LogP) is 5.56. The van der Waals surface area contributed by atoms with Gasteiger partial charge < -0.3 is 15.9 Å². The molecule has 0 spiro atoms. The Labute approximate surface area is 169 Å². The minimum atomic E-state index is -1.72. The first-order chi connectivity index (χ1) is 13.0. The van der Waals surface area contributed by atoms with Gasteiger partial charge in [0.15, 0.2) is 0 Å². The number of nitrogens with two attached hydrogens (primary N) is 1. The molecule has 0 aromatic rings. The van der Waals surface area contributed by atoms with E-state index in [1.807, 2.05) is 0 Å². The molecule has 0 unspecified atom stereocenters. The van der Waals surface area contributed by atoms with E-state index in [2.05, 4.69) is 6.92 Å². The van der Waals surface area contributed by atoms with Crippen LogP contribution < -0.4 is 5.73 Å². The lowest BCUT2D eigenvalue weighted by atomic mass is 10.0. The highest BCUT2D eigenvalue weighted by atomic mass is 16.5. The zero-order valence-electron chi connectivity index (χ0n) is 18.6. The topological polar surface area (TPSA) is 69.7 Å². The van der Waals surface area contributed by atoms with Crippen molar-refractivity contribution in [1.82, 2.24) is 4.90 Å². The molecule has 0 aliphatic carbocycles. The van der Waals surface area contributed by atoms with Gasteiger partial charge in [-0.1, -0.05) is 103 Å². The first-order valence-corrected chi connectivity index (χ1v) is 11.9. The third-order valence-electron chi connectivity index (χ3n) is 5.51. The van der Waals surface area contributed by atoms with E-state index in [4.69, 9.17) is 5.73 Å². The van der Waals surface area contributed by atoms with E-state index in [1.54, 1.807) is 4.90 Å². The van der Waals surface area contributed by atoms with Crippen LogP contribution in [0.2, 0.25) is 0 Å². The maximum Gasteiger partial charge on any atom is 0.221 e. The SMILES string of the molecule is CCCCCCCCCCCCCCCCCCN(CCCN)C(C)(O)O. The van der Waals surface area contributed by atoms with Gasteiger partial charge in [0.2, 0.25) is 5.91 Å². The van der Waals surface area contributed by atoms with Crippen LogP contribution in [0, 0.1) is 0 Å². The Bertz CT molecular complexity index is 293. The number of hydrogen-bond acceptors (Lipinski definition) is 4. The van der Waals surface area contributed by atoms with Gasteiger partial charge >= 0.3 is 0 Å². The Kier molecular flexibility index (Phi) is 19.1. The molecule has 0 heterocycles. The summed E-state index contributed by atoms with van der Waals surface area (Å²) < 4.78 is 0. The van der Waals surface area contributed by atoms with Gasteiger partial charge in [0.05, 0.1) is 0 Å². The number of rotatable bonds is 21. The van der Waals surface area contributed by atoms with Gasteiger partial charge in [-0.15, -0.1) is 0 Å². The second kappa shape index (κ2) is 19.2. The number of hydrogen-bond donors (Lipinski definition) is 3. The summed E-state index contributed by atoms with van der Waals surface area (Å²) in [7, 11) is 0. The van der Waals surface area contributed by atoms with E-state index in [9.17, 15) is 10.2 Å². The Morgan fingerprint density at radius 3 is 1.26 bits per heavy atom. The van der Waals surface area contributed by atoms with Gasteiger partial charge in [0.25, 0.3) is 0 Å². The average Bonchev–Trinajstić information content (AvgIpc) is 2.62. The minimum Gasteiger partial charge on any atom is -0.353 e. The Hall–Kier alpha value is -0.160. The molecule has 4 N–H and O–H groups in total. The minimum absolute atomic E-state index is 0.589. The molecule has 0 aliphatic rings. The van der Waals surface area contributed by atoms with Crippen LogP contribution in [0.15, 0.2) is 0 Å². The lowest BCUT2D eigenvalue weighted by molar-refractivity contribution is -0.250. The predicted molar refractivity (Wildman–Crippen MR) is 118 cm³/mol. The van der Waals surface area contributed by atoms with Crippen molar-refractivity contribution in [2.45, 2.75) is 129 Å². The van der Waals surface area contributed by atoms with E-state index >= 15 is 0 Å². The van der Waals surface area contributed by atoms with Crippen LogP contribution in [0.5, 0.6) is 0 Å². The van der Waals surface area contributed by atoms with E-state index in [0.717, 1.165) is 19.4 Å². The van der Waals surface area contributed by atoms with Crippen LogP contribution in [-0.2, 0) is 0 Å². The molecule has 27 heavy (non-hydrogen) atoms. The van der Waals surface area contributed by atoms with Gasteiger partial charge in [-0.2, -0.15) is 0 Å². The second-order valence-corrected chi connectivity index (χ2v) is 8.40. The van der Waals surface area contributed by atoms with E-state index in [0.29, 0.717) is 13.1 Å². The van der Waals surface area contributed by atoms with Gasteiger partial charge in [-0.05, 0) is 19.4 Å². The summed E-state index contributed by atoms with van der Waals surface area (Å²) in [5.41, 5.74) is 5.52. The molecule has 0 aliphatic heterocycles. The Morgan fingerprint density at radius 2 is 0.926 bits per heavy atom. The molecule has 0 saturated carbocycles. The van der Waals surface area contributed by atoms with Crippen molar-refractivity contribution >= 4 is 0 Å². The van der Waals surface area contributed by atoms with Crippen molar-refractivity contribution in [3.63, 3.8) is 0 Å². The molecule has 0 aromatic heterocycles. The molecule has 0 aromatic carbocycles. The number of aliphatic hydroxyl groups is 2. The quantitative estimate of drug-likeness (QED) is 0.178. The largest absolute Gasteiger partial charge is 0.353 e. The van der Waals surface area contributed by atoms with Gasteiger partial charge in [-0.25, -0.2) is 0 Å². The normalized spacial score (nSPS) is 12.2. The maximum absolute atomic E-state index is 9.77. The van der Waals surface area contributed by atoms with Crippen LogP contribution >= 0.6 is 0 Å². The van der Waals surface area contributed by atoms with Gasteiger partial charge in [0.1, 0.15) is 0 Å². The molecular formula is C23H50N2O2. The standard InChI is InChI=1S/C23H50N2O2/c1-3-4-5-6-7-8-9-10-11-12-13-14-15-16-17-18-21-25(22-19-20-24)23(2,26)27/h26-27H,3-22,24H2,1-2H3. The summed E-state index contributed by atoms with van der Waals surface area (Å²) in [6, 6.07) is 0. The van der Waals surface area contributed by atoms with Crippen LogP contribution in [0.1, 0.15) is 123 Å². The van der Waals surface area contributed by atoms with Crippen molar-refractivity contribution in [3.8, 4) is 0 Å². The molecule has 0 bridgehead atoms. The molecule has 164 valence electrons. The lowest BCUT2D eigenvalue weighted by Gasteiger charge is -2.32. The Balaban J connectivity index is 3.32. The molecule has 4 heteroatoms. The highest BCUT2D eigenvalue weighted by Gasteiger charge is 2.24. The highest BCUT2D eigenvalue weighted by molar-refractivity contribution is 4.64. The number of nitrogens with zero attached hydrogens (tertiary/aromatic N) is 1. The molecule has 0 fully saturated rings. The van der Waals surface area contributed by atoms with Crippen molar-refractivity contribution in [2.75, 3.05) is 19.6 Å². The molecule has 0 radical (unpaired) electrons. The smallest absolute Gasteiger partial charge is 0.221 e. The molecule has 4 nitrogen and oxygen atoms in total. The van der Waals surface area contributed by atoms with Crippen LogP contribution in [0.4, 0.5) is 0 Å². The molecule has 0 saturated heterocycles. The zero-order chi connectivity index (χ0) is 20.2. The molecule has 0 atom stereocenters. The van der Waals surface area contributed by atoms with E-state index in [-0.39, 0.29) is 0 Å². The van der Waals surface area contributed by atoms with Crippen molar-refractivity contribution in [1.29, 1.82) is 0 Å².